The average Bonchev–Trinajstić information content (AvgIpc) is 2.72. The van der Waals surface area contributed by atoms with E-state index in [-0.39, 0.29) is 11.6 Å². The van der Waals surface area contributed by atoms with E-state index in [2.05, 4.69) is 0 Å². The number of alkyl halides is 1. The van der Waals surface area contributed by atoms with Crippen molar-refractivity contribution in [2.24, 2.45) is 0 Å². The van der Waals surface area contributed by atoms with Crippen LogP contribution in [0.4, 0.5) is 4.39 Å². The van der Waals surface area contributed by atoms with Gasteiger partial charge < -0.3 is 4.57 Å². The van der Waals surface area contributed by atoms with E-state index in [1.807, 2.05) is 30.5 Å². The number of ketones is 1. The van der Waals surface area contributed by atoms with Gasteiger partial charge in [0, 0.05) is 23.5 Å². The number of halogens is 2. The first kappa shape index (κ1) is 15.8. The number of carbonyl (C=O) groups excluding carboxylic acids is 1. The molecule has 0 fully saturated rings. The number of aromatic nitrogens is 1. The molecular formula is C17H19ClFNO. The predicted molar refractivity (Wildman–Crippen MR) is 83.7 cm³/mol. The summed E-state index contributed by atoms with van der Waals surface area (Å²) in [5.74, 6) is -0.257. The molecule has 1 heterocycles. The lowest BCUT2D eigenvalue weighted by Gasteiger charge is -2.10. The van der Waals surface area contributed by atoms with Gasteiger partial charge in [-0.3, -0.25) is 4.79 Å². The van der Waals surface area contributed by atoms with Crippen molar-refractivity contribution < 1.29 is 9.18 Å². The van der Waals surface area contributed by atoms with Crippen LogP contribution in [-0.4, -0.2) is 15.7 Å². The van der Waals surface area contributed by atoms with Crippen molar-refractivity contribution in [2.45, 2.75) is 39.1 Å². The highest BCUT2D eigenvalue weighted by Gasteiger charge is 2.19. The fraction of sp³-hybridized carbons (Fsp3) is 0.353. The van der Waals surface area contributed by atoms with Crippen LogP contribution in [0.25, 0.3) is 0 Å². The smallest absolute Gasteiger partial charge is 0.182 e. The average molecular weight is 308 g/mol. The highest BCUT2D eigenvalue weighted by atomic mass is 35.5. The number of rotatable bonds is 5. The van der Waals surface area contributed by atoms with Crippen LogP contribution in [0.3, 0.4) is 0 Å². The van der Waals surface area contributed by atoms with Crippen molar-refractivity contribution in [1.82, 2.24) is 4.57 Å². The molecule has 112 valence electrons. The Bertz CT molecular complexity index is 661. The second kappa shape index (κ2) is 6.44. The monoisotopic (exact) mass is 307 g/mol. The summed E-state index contributed by atoms with van der Waals surface area (Å²) in [6.07, 6.45) is 0.590. The molecule has 0 amide bonds. The Hall–Kier alpha value is -1.61. The lowest BCUT2D eigenvalue weighted by molar-refractivity contribution is 0.0991. The molecule has 0 radical (unpaired) electrons. The third-order valence-electron chi connectivity index (χ3n) is 3.76. The first-order valence-electron chi connectivity index (χ1n) is 7.00. The minimum Gasteiger partial charge on any atom is -0.348 e. The zero-order valence-corrected chi connectivity index (χ0v) is 13.2. The van der Waals surface area contributed by atoms with Gasteiger partial charge in [-0.1, -0.05) is 18.2 Å². The fourth-order valence-corrected chi connectivity index (χ4v) is 2.66. The minimum atomic E-state index is -0.537. The molecule has 1 atom stereocenters. The zero-order chi connectivity index (χ0) is 15.6. The molecule has 21 heavy (non-hydrogen) atoms. The Morgan fingerprint density at radius 1 is 1.33 bits per heavy atom. The molecule has 0 aliphatic carbocycles. The molecule has 2 aromatic rings. The molecule has 0 saturated carbocycles. The lowest BCUT2D eigenvalue weighted by Crippen LogP contribution is -2.12. The van der Waals surface area contributed by atoms with Crippen LogP contribution in [-0.2, 0) is 13.0 Å². The lowest BCUT2D eigenvalue weighted by atomic mass is 10.1. The van der Waals surface area contributed by atoms with E-state index >= 15 is 0 Å². The molecule has 1 aromatic heterocycles. The van der Waals surface area contributed by atoms with Crippen molar-refractivity contribution in [1.29, 1.82) is 0 Å². The Morgan fingerprint density at radius 3 is 2.62 bits per heavy atom. The van der Waals surface area contributed by atoms with E-state index in [1.54, 1.807) is 19.1 Å². The highest BCUT2D eigenvalue weighted by molar-refractivity contribution is 6.33. The molecule has 1 aromatic carbocycles. The van der Waals surface area contributed by atoms with Gasteiger partial charge in [0.2, 0.25) is 0 Å². The van der Waals surface area contributed by atoms with Crippen molar-refractivity contribution in [3.8, 4) is 0 Å². The molecule has 0 saturated heterocycles. The molecule has 0 N–H and O–H groups in total. The molecule has 0 spiro atoms. The Labute approximate surface area is 129 Å². The van der Waals surface area contributed by atoms with Crippen molar-refractivity contribution >= 4 is 17.4 Å². The Balaban J connectivity index is 2.22. The summed E-state index contributed by atoms with van der Waals surface area (Å²) in [4.78, 5) is 12.1. The molecule has 0 bridgehead atoms. The number of benzene rings is 1. The number of nitrogens with zero attached hydrogens (tertiary/aromatic N) is 1. The molecular weight excluding hydrogens is 289 g/mol. The summed E-state index contributed by atoms with van der Waals surface area (Å²) < 4.78 is 15.7. The summed E-state index contributed by atoms with van der Waals surface area (Å²) in [5, 5.41) is -0.537. The number of aryl methyl sites for hydroxylation is 2. The first-order chi connectivity index (χ1) is 9.91. The zero-order valence-electron chi connectivity index (χ0n) is 12.5. The summed E-state index contributed by atoms with van der Waals surface area (Å²) in [5.41, 5.74) is 3.22. The SMILES string of the molecule is Cc1cc(C(=O)C(C)Cl)c(C)n1CCc1ccccc1F. The van der Waals surface area contributed by atoms with E-state index in [9.17, 15) is 9.18 Å². The maximum absolute atomic E-state index is 13.7. The van der Waals surface area contributed by atoms with E-state index in [4.69, 9.17) is 11.6 Å². The second-order valence-corrected chi connectivity index (χ2v) is 5.91. The van der Waals surface area contributed by atoms with E-state index in [0.717, 1.165) is 11.4 Å². The molecule has 0 aliphatic heterocycles. The highest BCUT2D eigenvalue weighted by Crippen LogP contribution is 2.19. The van der Waals surface area contributed by atoms with Crippen LogP contribution in [0.1, 0.15) is 34.2 Å². The van der Waals surface area contributed by atoms with Gasteiger partial charge in [-0.05, 0) is 44.9 Å². The third-order valence-corrected chi connectivity index (χ3v) is 3.96. The van der Waals surface area contributed by atoms with Crippen LogP contribution in [0.2, 0.25) is 0 Å². The van der Waals surface area contributed by atoms with Crippen LogP contribution in [0.5, 0.6) is 0 Å². The molecule has 2 rings (SSSR count). The summed E-state index contributed by atoms with van der Waals surface area (Å²) >= 11 is 5.88. The van der Waals surface area contributed by atoms with Crippen molar-refractivity contribution in [2.75, 3.05) is 0 Å². The predicted octanol–water partition coefficient (Wildman–Crippen LogP) is 4.30. The molecule has 0 aliphatic rings. The van der Waals surface area contributed by atoms with E-state index in [0.29, 0.717) is 24.1 Å². The number of hydrogen-bond acceptors (Lipinski definition) is 1. The molecule has 4 heteroatoms. The summed E-state index contributed by atoms with van der Waals surface area (Å²) in [7, 11) is 0. The van der Waals surface area contributed by atoms with Crippen LogP contribution < -0.4 is 0 Å². The van der Waals surface area contributed by atoms with E-state index in [1.165, 1.54) is 6.07 Å². The van der Waals surface area contributed by atoms with Crippen LogP contribution in [0.15, 0.2) is 30.3 Å². The maximum Gasteiger partial charge on any atom is 0.182 e. The van der Waals surface area contributed by atoms with Gasteiger partial charge in [-0.15, -0.1) is 11.6 Å². The van der Waals surface area contributed by atoms with Gasteiger partial charge in [0.15, 0.2) is 5.78 Å². The number of carbonyl (C=O) groups is 1. The minimum absolute atomic E-state index is 0.0677. The van der Waals surface area contributed by atoms with Crippen LogP contribution in [0, 0.1) is 19.7 Å². The largest absolute Gasteiger partial charge is 0.348 e. The summed E-state index contributed by atoms with van der Waals surface area (Å²) in [6.45, 7) is 6.17. The van der Waals surface area contributed by atoms with Gasteiger partial charge in [0.25, 0.3) is 0 Å². The number of Topliss-reactive ketones (excluding diaryl/α,β-unsaturated/α-hetero) is 1. The van der Waals surface area contributed by atoms with Gasteiger partial charge in [0.05, 0.1) is 5.38 Å². The molecule has 2 nitrogen and oxygen atoms in total. The van der Waals surface area contributed by atoms with Crippen molar-refractivity contribution in [3.63, 3.8) is 0 Å². The topological polar surface area (TPSA) is 22.0 Å². The maximum atomic E-state index is 13.7. The standard InChI is InChI=1S/C17H19ClFNO/c1-11-10-15(17(21)12(2)18)13(3)20(11)9-8-14-6-4-5-7-16(14)19/h4-7,10,12H,8-9H2,1-3H3. The third kappa shape index (κ3) is 3.35. The second-order valence-electron chi connectivity index (χ2n) is 5.26. The van der Waals surface area contributed by atoms with Crippen molar-refractivity contribution in [3.05, 3.63) is 58.7 Å². The first-order valence-corrected chi connectivity index (χ1v) is 7.44. The summed E-state index contributed by atoms with van der Waals surface area (Å²) in [6, 6.07) is 8.63. The Kier molecular flexibility index (Phi) is 4.84. The van der Waals surface area contributed by atoms with Gasteiger partial charge >= 0.3 is 0 Å². The van der Waals surface area contributed by atoms with Gasteiger partial charge in [-0.25, -0.2) is 4.39 Å². The quantitative estimate of drug-likeness (QED) is 0.596. The van der Waals surface area contributed by atoms with Gasteiger partial charge in [-0.2, -0.15) is 0 Å². The fourth-order valence-electron chi connectivity index (χ4n) is 2.54. The van der Waals surface area contributed by atoms with Gasteiger partial charge in [0.1, 0.15) is 5.82 Å². The van der Waals surface area contributed by atoms with E-state index < -0.39 is 5.38 Å². The number of hydrogen-bond donors (Lipinski definition) is 0. The van der Waals surface area contributed by atoms with Crippen LogP contribution >= 0.6 is 11.6 Å². The Morgan fingerprint density at radius 2 is 2.00 bits per heavy atom. The molecule has 1 unspecified atom stereocenters. The normalized spacial score (nSPS) is 12.4.